The predicted octanol–water partition coefficient (Wildman–Crippen LogP) is 6.31. The Labute approximate surface area is 243 Å². The third kappa shape index (κ3) is 13.1. The fourth-order valence-corrected chi connectivity index (χ4v) is 5.04. The first kappa shape index (κ1) is 33.7. The van der Waals surface area contributed by atoms with Gasteiger partial charge in [-0.25, -0.2) is 4.79 Å². The summed E-state index contributed by atoms with van der Waals surface area (Å²) in [5.41, 5.74) is 6.58. The lowest BCUT2D eigenvalue weighted by atomic mass is 10.0. The van der Waals surface area contributed by atoms with E-state index in [-0.39, 0.29) is 25.7 Å². The van der Waals surface area contributed by atoms with E-state index in [9.17, 15) is 19.2 Å². The summed E-state index contributed by atoms with van der Waals surface area (Å²) in [7, 11) is 0. The van der Waals surface area contributed by atoms with E-state index in [0.29, 0.717) is 18.5 Å². The van der Waals surface area contributed by atoms with Crippen molar-refractivity contribution >= 4 is 40.8 Å². The number of hydrogen-bond acceptors (Lipinski definition) is 6. The molecule has 1 aromatic carbocycles. The number of benzene rings is 1. The number of nitrogens with zero attached hydrogens (tertiary/aromatic N) is 2. The third-order valence-corrected chi connectivity index (χ3v) is 7.31. The van der Waals surface area contributed by atoms with Gasteiger partial charge in [0.15, 0.2) is 0 Å². The summed E-state index contributed by atoms with van der Waals surface area (Å²) in [6.07, 6.45) is 14.8. The number of aromatic nitrogens is 1. The van der Waals surface area contributed by atoms with Crippen molar-refractivity contribution in [2.24, 2.45) is 5.73 Å². The Bertz CT molecular complexity index is 1090. The number of rotatable bonds is 23. The number of hydrogen-bond donors (Lipinski definition) is 2. The van der Waals surface area contributed by atoms with Gasteiger partial charge in [-0.2, -0.15) is 0 Å². The van der Waals surface area contributed by atoms with Crippen LogP contribution in [-0.4, -0.2) is 46.5 Å². The van der Waals surface area contributed by atoms with Gasteiger partial charge >= 0.3 is 11.9 Å². The molecule has 3 N–H and O–H groups in total. The normalized spacial score (nSPS) is 12.5. The van der Waals surface area contributed by atoms with Crippen molar-refractivity contribution in [3.05, 3.63) is 36.5 Å². The Morgan fingerprint density at radius 3 is 2.20 bits per heavy atom. The van der Waals surface area contributed by atoms with Crippen molar-refractivity contribution in [2.75, 3.05) is 4.90 Å². The maximum absolute atomic E-state index is 13.4. The minimum atomic E-state index is -1.07. The molecule has 1 aromatic heterocycles. The summed E-state index contributed by atoms with van der Waals surface area (Å²) < 4.78 is 5.76. The summed E-state index contributed by atoms with van der Waals surface area (Å²) in [6.45, 7) is 2.22. The van der Waals surface area contributed by atoms with Crippen LogP contribution in [0.5, 0.6) is 0 Å². The molecule has 2 amide bonds. The minimum Gasteiger partial charge on any atom is -0.481 e. The largest absolute Gasteiger partial charge is 0.481 e. The number of amides is 2. The molecule has 0 aliphatic heterocycles. The average molecular weight is 570 g/mol. The van der Waals surface area contributed by atoms with E-state index in [1.165, 1.54) is 56.0 Å². The van der Waals surface area contributed by atoms with Crippen LogP contribution in [0.2, 0.25) is 0 Å². The lowest BCUT2D eigenvalue weighted by Crippen LogP contribution is -2.43. The Morgan fingerprint density at radius 2 is 1.59 bits per heavy atom. The molecule has 2 atom stereocenters. The molecular formula is C32H47N3O6. The molecule has 9 nitrogen and oxygen atoms in total. The van der Waals surface area contributed by atoms with Gasteiger partial charge in [0.25, 0.3) is 0 Å². The highest BCUT2D eigenvalue weighted by Crippen LogP contribution is 2.24. The summed E-state index contributed by atoms with van der Waals surface area (Å²) in [5, 5.41) is 9.90. The number of nitrogens with two attached hydrogens (primary N) is 1. The van der Waals surface area contributed by atoms with Crippen LogP contribution in [0.4, 0.5) is 5.69 Å². The zero-order valence-corrected chi connectivity index (χ0v) is 24.5. The van der Waals surface area contributed by atoms with Gasteiger partial charge in [-0.3, -0.25) is 24.3 Å². The van der Waals surface area contributed by atoms with Gasteiger partial charge in [0, 0.05) is 11.8 Å². The lowest BCUT2D eigenvalue weighted by Gasteiger charge is -2.28. The van der Waals surface area contributed by atoms with Crippen LogP contribution in [0.25, 0.3) is 10.9 Å². The van der Waals surface area contributed by atoms with Crippen molar-refractivity contribution in [3.8, 4) is 0 Å². The molecule has 0 unspecified atom stereocenters. The number of aliphatic carboxylic acids is 1. The molecule has 0 spiro atoms. The number of ether oxygens (including phenoxy) is 1. The Hall–Kier alpha value is -3.49. The molecule has 9 heteroatoms. The van der Waals surface area contributed by atoms with E-state index in [1.807, 2.05) is 24.3 Å². The van der Waals surface area contributed by atoms with Gasteiger partial charge in [0.1, 0.15) is 12.1 Å². The summed E-state index contributed by atoms with van der Waals surface area (Å²) in [6, 6.07) is 8.07. The van der Waals surface area contributed by atoms with Crippen LogP contribution < -0.4 is 10.6 Å². The van der Waals surface area contributed by atoms with Gasteiger partial charge < -0.3 is 15.6 Å². The molecule has 1 heterocycles. The summed E-state index contributed by atoms with van der Waals surface area (Å²) in [5.74, 6) is -2.26. The van der Waals surface area contributed by atoms with E-state index in [4.69, 9.17) is 15.6 Å². The monoisotopic (exact) mass is 569 g/mol. The first-order valence-electron chi connectivity index (χ1n) is 15.1. The highest BCUT2D eigenvalue weighted by atomic mass is 16.5. The highest BCUT2D eigenvalue weighted by Gasteiger charge is 2.30. The van der Waals surface area contributed by atoms with Crippen LogP contribution in [0.15, 0.2) is 36.5 Å². The Morgan fingerprint density at radius 1 is 0.951 bits per heavy atom. The van der Waals surface area contributed by atoms with Gasteiger partial charge in [-0.15, -0.1) is 0 Å². The van der Waals surface area contributed by atoms with Crippen LogP contribution in [0, 0.1) is 0 Å². The minimum absolute atomic E-state index is 0.0818. The topological polar surface area (TPSA) is 140 Å². The van der Waals surface area contributed by atoms with Crippen molar-refractivity contribution in [1.82, 2.24) is 4.98 Å². The van der Waals surface area contributed by atoms with Crippen LogP contribution in [0.1, 0.15) is 110 Å². The molecule has 0 aliphatic rings. The molecular weight excluding hydrogens is 522 g/mol. The SMILES string of the molecule is CCCCCCCCCCCCC[C@@H](CC(N)=O)OC(=O)[C@H](CCCC(=O)O)N(C=O)c1cnc2ccccc2c1. The number of fused-ring (bicyclic) bond motifs is 1. The second-order valence-corrected chi connectivity index (χ2v) is 10.8. The van der Waals surface area contributed by atoms with Crippen molar-refractivity contribution in [2.45, 2.75) is 122 Å². The fraction of sp³-hybridized carbons (Fsp3) is 0.594. The number of para-hydroxylation sites is 1. The lowest BCUT2D eigenvalue weighted by molar-refractivity contribution is -0.153. The maximum Gasteiger partial charge on any atom is 0.329 e. The first-order chi connectivity index (χ1) is 19.8. The standard InChI is InChI=1S/C32H47N3O6/c1-2-3-4-5-6-7-8-9-10-11-12-17-27(22-30(33)37)41-32(40)29(19-15-20-31(38)39)35(24-36)26-21-25-16-13-14-18-28(25)34-23-26/h13-14,16,18,21,23-24,27,29H,2-12,15,17,19-20,22H2,1H3,(H2,33,37)(H,38,39)/t27-,29-/m0/s1. The van der Waals surface area contributed by atoms with E-state index >= 15 is 0 Å². The number of carboxylic acids is 1. The van der Waals surface area contributed by atoms with E-state index in [1.54, 1.807) is 6.07 Å². The quantitative estimate of drug-likeness (QED) is 0.0908. The molecule has 2 aromatic rings. The smallest absolute Gasteiger partial charge is 0.329 e. The molecule has 2 rings (SSSR count). The third-order valence-electron chi connectivity index (χ3n) is 7.31. The highest BCUT2D eigenvalue weighted by molar-refractivity contribution is 5.92. The molecule has 0 radical (unpaired) electrons. The van der Waals surface area contributed by atoms with Gasteiger partial charge in [0.05, 0.1) is 23.8 Å². The summed E-state index contributed by atoms with van der Waals surface area (Å²) >= 11 is 0. The Kier molecular flexibility index (Phi) is 16.1. The fourth-order valence-electron chi connectivity index (χ4n) is 5.04. The molecule has 0 fully saturated rings. The van der Waals surface area contributed by atoms with E-state index in [2.05, 4.69) is 11.9 Å². The number of unbranched alkanes of at least 4 members (excludes halogenated alkanes) is 10. The average Bonchev–Trinajstić information content (AvgIpc) is 2.94. The van der Waals surface area contributed by atoms with Crippen molar-refractivity contribution < 1.29 is 29.0 Å². The van der Waals surface area contributed by atoms with Gasteiger partial charge in [-0.1, -0.05) is 89.3 Å². The number of esters is 1. The number of pyridine rings is 1. The molecule has 226 valence electrons. The van der Waals surface area contributed by atoms with E-state index in [0.717, 1.165) is 36.6 Å². The predicted molar refractivity (Wildman–Crippen MR) is 160 cm³/mol. The number of primary amides is 1. The van der Waals surface area contributed by atoms with Crippen LogP contribution in [0.3, 0.4) is 0 Å². The van der Waals surface area contributed by atoms with Gasteiger partial charge in [-0.05, 0) is 37.8 Å². The van der Waals surface area contributed by atoms with E-state index < -0.39 is 30.0 Å². The van der Waals surface area contributed by atoms with Crippen LogP contribution in [-0.2, 0) is 23.9 Å². The molecule has 0 aliphatic carbocycles. The molecule has 0 saturated carbocycles. The Balaban J connectivity index is 1.99. The number of carboxylic acid groups (broad SMARTS) is 1. The molecule has 0 saturated heterocycles. The van der Waals surface area contributed by atoms with Crippen molar-refractivity contribution in [1.29, 1.82) is 0 Å². The number of carbonyl (C=O) groups is 4. The summed E-state index contributed by atoms with van der Waals surface area (Å²) in [4.78, 5) is 54.1. The second-order valence-electron chi connectivity index (χ2n) is 10.8. The zero-order chi connectivity index (χ0) is 29.9. The number of carbonyl (C=O) groups excluding carboxylic acids is 3. The maximum atomic E-state index is 13.4. The number of anilines is 1. The van der Waals surface area contributed by atoms with Crippen molar-refractivity contribution in [3.63, 3.8) is 0 Å². The zero-order valence-electron chi connectivity index (χ0n) is 24.5. The molecule has 0 bridgehead atoms. The van der Waals surface area contributed by atoms with Gasteiger partial charge in [0.2, 0.25) is 12.3 Å². The van der Waals surface area contributed by atoms with Crippen LogP contribution >= 0.6 is 0 Å². The molecule has 41 heavy (non-hydrogen) atoms. The first-order valence-corrected chi connectivity index (χ1v) is 15.1. The second kappa shape index (κ2) is 19.6.